The van der Waals surface area contributed by atoms with E-state index in [1.807, 2.05) is 0 Å². The summed E-state index contributed by atoms with van der Waals surface area (Å²) in [4.78, 5) is 8.41. The van der Waals surface area contributed by atoms with Crippen LogP contribution >= 0.6 is 0 Å². The molecule has 0 saturated heterocycles. The molecule has 1 rings (SSSR count). The van der Waals surface area contributed by atoms with Crippen molar-refractivity contribution in [1.82, 2.24) is 0 Å². The number of benzene rings is 1. The van der Waals surface area contributed by atoms with E-state index >= 15 is 0 Å². The Bertz CT molecular complexity index is 664. The number of carbonyl (C=O) groups excluding carboxylic acids is 1. The minimum absolute atomic E-state index is 0.105. The van der Waals surface area contributed by atoms with E-state index in [4.69, 9.17) is 0 Å². The minimum Gasteiger partial charge on any atom is -0.465 e. The number of methoxy groups -OCH3 is 1. The van der Waals surface area contributed by atoms with Gasteiger partial charge in [-0.25, -0.2) is 26.4 Å². The van der Waals surface area contributed by atoms with E-state index in [-0.39, 0.29) is 6.07 Å². The van der Waals surface area contributed by atoms with E-state index in [2.05, 4.69) is 4.74 Å². The van der Waals surface area contributed by atoms with Gasteiger partial charge in [-0.05, 0) is 6.07 Å². The van der Waals surface area contributed by atoms with Gasteiger partial charge in [0.05, 0.1) is 12.7 Å². The number of hydrogen-bond acceptors (Lipinski definition) is 4. The maximum absolute atomic E-state index is 13.6. The van der Waals surface area contributed by atoms with Gasteiger partial charge in [0.2, 0.25) is 0 Å². The minimum atomic E-state index is -6.52. The lowest BCUT2D eigenvalue weighted by Gasteiger charge is -2.12. The first-order valence-electron chi connectivity index (χ1n) is 4.52. The molecule has 0 fully saturated rings. The Morgan fingerprint density at radius 3 is 2.05 bits per heavy atom. The van der Waals surface area contributed by atoms with Crippen LogP contribution in [0.4, 0.5) is 26.3 Å². The van der Waals surface area contributed by atoms with Gasteiger partial charge < -0.3 is 4.74 Å². The Kier molecular flexibility index (Phi) is 4.04. The van der Waals surface area contributed by atoms with Crippen molar-refractivity contribution in [3.8, 4) is 0 Å². The molecule has 0 aliphatic rings. The fraction of sp³-hybridized carbons (Fsp3) is 0.222. The summed E-state index contributed by atoms with van der Waals surface area (Å²) in [5, 5.41) is 0. The molecule has 0 aliphatic heterocycles. The summed E-state index contributed by atoms with van der Waals surface area (Å²) in [5.74, 6) is -8.77. The van der Waals surface area contributed by atoms with Crippen molar-refractivity contribution in [2.45, 2.75) is 10.4 Å². The number of sulfone groups is 1. The Hall–Kier alpha value is -1.78. The third kappa shape index (κ3) is 2.44. The highest BCUT2D eigenvalue weighted by Gasteiger charge is 2.51. The topological polar surface area (TPSA) is 60.4 Å². The van der Waals surface area contributed by atoms with Crippen molar-refractivity contribution >= 4 is 15.8 Å². The van der Waals surface area contributed by atoms with Crippen LogP contribution < -0.4 is 0 Å². The second-order valence-electron chi connectivity index (χ2n) is 3.30. The summed E-state index contributed by atoms with van der Waals surface area (Å²) in [6, 6.07) is -0.105. The quantitative estimate of drug-likeness (QED) is 0.476. The summed E-state index contributed by atoms with van der Waals surface area (Å²) in [6.45, 7) is 0. The largest absolute Gasteiger partial charge is 0.502 e. The molecule has 1 aromatic rings. The van der Waals surface area contributed by atoms with Crippen molar-refractivity contribution in [2.75, 3.05) is 7.11 Å². The van der Waals surface area contributed by atoms with Crippen molar-refractivity contribution in [3.63, 3.8) is 0 Å². The van der Waals surface area contributed by atoms with E-state index in [9.17, 15) is 39.6 Å². The van der Waals surface area contributed by atoms with Gasteiger partial charge >= 0.3 is 11.5 Å². The number of ether oxygens (including phenoxy) is 1. The Morgan fingerprint density at radius 2 is 1.65 bits per heavy atom. The monoisotopic (exact) mass is 322 g/mol. The van der Waals surface area contributed by atoms with Gasteiger partial charge in [-0.3, -0.25) is 0 Å². The van der Waals surface area contributed by atoms with Gasteiger partial charge in [0.15, 0.2) is 22.3 Å². The smallest absolute Gasteiger partial charge is 0.465 e. The van der Waals surface area contributed by atoms with Crippen LogP contribution in [0.1, 0.15) is 10.4 Å². The molecular formula is C9H4F6O4S. The number of carbonyl (C=O) groups is 1. The standard InChI is InChI=1S/C9H4F6O4S/c1-19-8(16)3-2-4(10)6(12)7(5(3)11)20(17,18)9(13,14)15/h2H,1H3. The van der Waals surface area contributed by atoms with Crippen LogP contribution in [0.15, 0.2) is 11.0 Å². The zero-order valence-corrected chi connectivity index (χ0v) is 10.2. The molecule has 0 saturated carbocycles. The molecular weight excluding hydrogens is 318 g/mol. The lowest BCUT2D eigenvalue weighted by Crippen LogP contribution is -2.27. The van der Waals surface area contributed by atoms with Crippen LogP contribution in [0.3, 0.4) is 0 Å². The number of alkyl halides is 3. The molecule has 0 amide bonds. The molecule has 20 heavy (non-hydrogen) atoms. The fourth-order valence-corrected chi connectivity index (χ4v) is 2.10. The predicted molar refractivity (Wildman–Crippen MR) is 50.9 cm³/mol. The third-order valence-corrected chi connectivity index (χ3v) is 3.60. The first-order valence-corrected chi connectivity index (χ1v) is 6.00. The lowest BCUT2D eigenvalue weighted by molar-refractivity contribution is -0.0440. The second kappa shape index (κ2) is 4.96. The van der Waals surface area contributed by atoms with Gasteiger partial charge in [0, 0.05) is 0 Å². The zero-order chi connectivity index (χ0) is 15.9. The van der Waals surface area contributed by atoms with E-state index < -0.39 is 49.2 Å². The maximum Gasteiger partial charge on any atom is 0.502 e. The summed E-state index contributed by atoms with van der Waals surface area (Å²) < 4.78 is 103. The summed E-state index contributed by atoms with van der Waals surface area (Å²) in [6.07, 6.45) is 0. The molecule has 0 radical (unpaired) electrons. The Balaban J connectivity index is 3.81. The maximum atomic E-state index is 13.6. The molecule has 0 heterocycles. The van der Waals surface area contributed by atoms with Crippen molar-refractivity contribution < 1.29 is 44.3 Å². The van der Waals surface area contributed by atoms with Crippen molar-refractivity contribution in [3.05, 3.63) is 29.1 Å². The summed E-state index contributed by atoms with van der Waals surface area (Å²) >= 11 is 0. The van der Waals surface area contributed by atoms with Gasteiger partial charge in [-0.2, -0.15) is 13.2 Å². The van der Waals surface area contributed by atoms with Gasteiger partial charge in [0.25, 0.3) is 9.84 Å². The van der Waals surface area contributed by atoms with E-state index in [1.165, 1.54) is 0 Å². The SMILES string of the molecule is COC(=O)c1cc(F)c(F)c(S(=O)(=O)C(F)(F)F)c1F. The number of hydrogen-bond donors (Lipinski definition) is 0. The van der Waals surface area contributed by atoms with Crippen LogP contribution in [-0.4, -0.2) is 27.0 Å². The predicted octanol–water partition coefficient (Wildman–Crippen LogP) is 2.18. The van der Waals surface area contributed by atoms with E-state index in [1.54, 1.807) is 0 Å². The Morgan fingerprint density at radius 1 is 1.15 bits per heavy atom. The highest BCUT2D eigenvalue weighted by atomic mass is 32.2. The first kappa shape index (κ1) is 16.3. The van der Waals surface area contributed by atoms with Gasteiger partial charge in [0.1, 0.15) is 0 Å². The zero-order valence-electron chi connectivity index (χ0n) is 9.39. The van der Waals surface area contributed by atoms with E-state index in [0.29, 0.717) is 7.11 Å². The molecule has 0 aliphatic carbocycles. The fourth-order valence-electron chi connectivity index (χ4n) is 1.19. The van der Waals surface area contributed by atoms with Crippen LogP contribution in [-0.2, 0) is 14.6 Å². The molecule has 0 N–H and O–H groups in total. The highest BCUT2D eigenvalue weighted by molar-refractivity contribution is 7.92. The average molecular weight is 322 g/mol. The summed E-state index contributed by atoms with van der Waals surface area (Å²) in [7, 11) is -5.84. The normalized spacial score (nSPS) is 12.3. The first-order chi connectivity index (χ1) is 8.95. The average Bonchev–Trinajstić information content (AvgIpc) is 2.31. The van der Waals surface area contributed by atoms with Crippen LogP contribution in [0.2, 0.25) is 0 Å². The Labute approximate surface area is 107 Å². The van der Waals surface area contributed by atoms with Crippen molar-refractivity contribution in [2.24, 2.45) is 0 Å². The molecule has 1 aromatic carbocycles. The number of halogens is 6. The summed E-state index contributed by atoms with van der Waals surface area (Å²) in [5.41, 5.74) is -7.55. The van der Waals surface area contributed by atoms with Crippen LogP contribution in [0, 0.1) is 17.5 Å². The van der Waals surface area contributed by atoms with Crippen LogP contribution in [0.5, 0.6) is 0 Å². The molecule has 0 atom stereocenters. The molecule has 0 aromatic heterocycles. The number of rotatable bonds is 2. The molecule has 11 heteroatoms. The second-order valence-corrected chi connectivity index (χ2v) is 5.18. The third-order valence-electron chi connectivity index (χ3n) is 2.09. The molecule has 112 valence electrons. The molecule has 0 bridgehead atoms. The van der Waals surface area contributed by atoms with Crippen LogP contribution in [0.25, 0.3) is 0 Å². The number of esters is 1. The lowest BCUT2D eigenvalue weighted by atomic mass is 10.2. The molecule has 0 spiro atoms. The van der Waals surface area contributed by atoms with E-state index in [0.717, 1.165) is 0 Å². The molecule has 0 unspecified atom stereocenters. The van der Waals surface area contributed by atoms with Crippen molar-refractivity contribution in [1.29, 1.82) is 0 Å². The highest BCUT2D eigenvalue weighted by Crippen LogP contribution is 2.35. The van der Waals surface area contributed by atoms with Gasteiger partial charge in [-0.1, -0.05) is 0 Å². The molecule has 4 nitrogen and oxygen atoms in total. The van der Waals surface area contributed by atoms with Gasteiger partial charge in [-0.15, -0.1) is 0 Å².